The molecule has 0 heterocycles. The molecule has 210 valence electrons. The van der Waals surface area contributed by atoms with Gasteiger partial charge in [-0.15, -0.1) is 0 Å². The summed E-state index contributed by atoms with van der Waals surface area (Å²) < 4.78 is 17.0. The number of carbonyl (C=O) groups excluding carboxylic acids is 2. The predicted octanol–water partition coefficient (Wildman–Crippen LogP) is 6.98. The summed E-state index contributed by atoms with van der Waals surface area (Å²) in [6.07, 6.45) is 7.13. The van der Waals surface area contributed by atoms with Crippen LogP contribution in [0.1, 0.15) is 52.0 Å². The Balaban J connectivity index is 1.12. The van der Waals surface area contributed by atoms with Crippen LogP contribution in [0.3, 0.4) is 0 Å². The Hall–Kier alpha value is -5.04. The fourth-order valence-electron chi connectivity index (χ4n) is 4.00. The molecule has 0 aliphatic heterocycles. The Kier molecular flexibility index (Phi) is 10.5. The van der Waals surface area contributed by atoms with Gasteiger partial charge in [-0.3, -0.25) is 4.79 Å². The van der Waals surface area contributed by atoms with E-state index in [1.54, 1.807) is 84.9 Å². The number of ketones is 1. The number of rotatable bonds is 14. The quantitative estimate of drug-likeness (QED) is 0.0434. The van der Waals surface area contributed by atoms with E-state index < -0.39 is 5.97 Å². The molecule has 0 aliphatic rings. The lowest BCUT2D eigenvalue weighted by molar-refractivity contribution is 0.0734. The number of nitrogen functional groups attached to an aromatic ring is 2. The Morgan fingerprint density at radius 3 is 2.00 bits per heavy atom. The number of ether oxygens (including phenoxy) is 3. The first-order valence-electron chi connectivity index (χ1n) is 13.6. The number of carbonyl (C=O) groups is 2. The Bertz CT molecular complexity index is 1450. The number of hydrogen-bond acceptors (Lipinski definition) is 7. The van der Waals surface area contributed by atoms with Crippen LogP contribution in [0.4, 0.5) is 11.4 Å². The van der Waals surface area contributed by atoms with E-state index in [0.29, 0.717) is 53.0 Å². The molecule has 4 aromatic rings. The van der Waals surface area contributed by atoms with Gasteiger partial charge in [0.15, 0.2) is 5.78 Å². The van der Waals surface area contributed by atoms with Crippen LogP contribution in [0, 0.1) is 0 Å². The maximum absolute atomic E-state index is 12.5. The summed E-state index contributed by atoms with van der Waals surface area (Å²) >= 11 is 0. The maximum Gasteiger partial charge on any atom is 0.343 e. The molecule has 0 atom stereocenters. The summed E-state index contributed by atoms with van der Waals surface area (Å²) in [6, 6.07) is 28.2. The lowest BCUT2D eigenvalue weighted by atomic mass is 10.1. The van der Waals surface area contributed by atoms with Crippen LogP contribution >= 0.6 is 0 Å². The van der Waals surface area contributed by atoms with Gasteiger partial charge in [-0.05, 0) is 91.9 Å². The van der Waals surface area contributed by atoms with Crippen molar-refractivity contribution in [2.75, 3.05) is 24.7 Å². The number of hydrogen-bond donors (Lipinski definition) is 2. The second-order valence-corrected chi connectivity index (χ2v) is 9.45. The van der Waals surface area contributed by atoms with Crippen molar-refractivity contribution < 1.29 is 23.8 Å². The molecule has 0 saturated heterocycles. The first-order chi connectivity index (χ1) is 20.0. The van der Waals surface area contributed by atoms with Crippen molar-refractivity contribution in [2.45, 2.75) is 25.7 Å². The minimum Gasteiger partial charge on any atom is -0.494 e. The third-order valence-electron chi connectivity index (χ3n) is 6.26. The van der Waals surface area contributed by atoms with Crippen LogP contribution in [0.25, 0.3) is 6.08 Å². The molecular weight excluding hydrogens is 516 g/mol. The van der Waals surface area contributed by atoms with Gasteiger partial charge < -0.3 is 25.7 Å². The van der Waals surface area contributed by atoms with Crippen molar-refractivity contribution in [1.29, 1.82) is 0 Å². The fourth-order valence-corrected chi connectivity index (χ4v) is 4.00. The van der Waals surface area contributed by atoms with Gasteiger partial charge >= 0.3 is 5.97 Å². The van der Waals surface area contributed by atoms with Crippen LogP contribution in [0.2, 0.25) is 0 Å². The van der Waals surface area contributed by atoms with Gasteiger partial charge in [-0.2, -0.15) is 0 Å². The molecule has 0 saturated carbocycles. The normalized spacial score (nSPS) is 10.8. The lowest BCUT2D eigenvalue weighted by Crippen LogP contribution is -2.08. The number of nitrogens with two attached hydrogens (primary N) is 2. The highest BCUT2D eigenvalue weighted by molar-refractivity contribution is 6.06. The van der Waals surface area contributed by atoms with E-state index in [1.165, 1.54) is 6.08 Å². The van der Waals surface area contributed by atoms with Crippen LogP contribution in [-0.4, -0.2) is 25.0 Å². The van der Waals surface area contributed by atoms with Gasteiger partial charge in [0.1, 0.15) is 17.2 Å². The molecular formula is C34H34N2O5. The molecule has 0 radical (unpaired) electrons. The van der Waals surface area contributed by atoms with E-state index in [2.05, 4.69) is 0 Å². The highest BCUT2D eigenvalue weighted by Crippen LogP contribution is 2.24. The average molecular weight is 551 g/mol. The standard InChI is InChI=1S/C34H34N2O5/c35-28-15-21-33(31(36)24-28)40-23-7-2-1-6-22-39-29-18-13-27(14-19-29)34(38)41-30-16-10-25(11-17-30)12-20-32(37)26-8-4-3-5-9-26/h3-5,8-21,24H,1-2,6-7,22-23,35-36H2. The van der Waals surface area contributed by atoms with E-state index in [9.17, 15) is 9.59 Å². The van der Waals surface area contributed by atoms with E-state index in [1.807, 2.05) is 18.2 Å². The van der Waals surface area contributed by atoms with Crippen molar-refractivity contribution in [3.05, 3.63) is 120 Å². The van der Waals surface area contributed by atoms with Gasteiger partial charge in [0.2, 0.25) is 0 Å². The second kappa shape index (κ2) is 14.9. The number of esters is 1. The Morgan fingerprint density at radius 1 is 0.659 bits per heavy atom. The summed E-state index contributed by atoms with van der Waals surface area (Å²) in [5.74, 6) is 1.25. The van der Waals surface area contributed by atoms with Crippen molar-refractivity contribution in [3.8, 4) is 17.2 Å². The molecule has 7 heteroatoms. The van der Waals surface area contributed by atoms with Crippen molar-refractivity contribution in [1.82, 2.24) is 0 Å². The maximum atomic E-state index is 12.5. The Labute approximate surface area is 240 Å². The molecule has 0 bridgehead atoms. The van der Waals surface area contributed by atoms with Crippen molar-refractivity contribution in [2.24, 2.45) is 0 Å². The van der Waals surface area contributed by atoms with Crippen LogP contribution < -0.4 is 25.7 Å². The first-order valence-corrected chi connectivity index (χ1v) is 13.6. The van der Waals surface area contributed by atoms with E-state index in [0.717, 1.165) is 31.2 Å². The fraction of sp³-hybridized carbons (Fsp3) is 0.176. The van der Waals surface area contributed by atoms with Gasteiger partial charge in [-0.25, -0.2) is 4.79 Å². The number of benzene rings is 4. The van der Waals surface area contributed by atoms with E-state index in [4.69, 9.17) is 25.7 Å². The van der Waals surface area contributed by atoms with Gasteiger partial charge in [0, 0.05) is 11.3 Å². The molecule has 0 fully saturated rings. The summed E-state index contributed by atoms with van der Waals surface area (Å²) in [7, 11) is 0. The highest BCUT2D eigenvalue weighted by atomic mass is 16.5. The third-order valence-corrected chi connectivity index (χ3v) is 6.26. The smallest absolute Gasteiger partial charge is 0.343 e. The zero-order valence-corrected chi connectivity index (χ0v) is 22.8. The summed E-state index contributed by atoms with van der Waals surface area (Å²) in [4.78, 5) is 24.8. The van der Waals surface area contributed by atoms with Gasteiger partial charge in [0.05, 0.1) is 24.5 Å². The molecule has 41 heavy (non-hydrogen) atoms. The van der Waals surface area contributed by atoms with Gasteiger partial charge in [-0.1, -0.05) is 48.5 Å². The SMILES string of the molecule is Nc1ccc(OCCCCCCOc2ccc(C(=O)Oc3ccc(C=CC(=O)c4ccccc4)cc3)cc2)c(N)c1. The molecule has 0 amide bonds. The van der Waals surface area contributed by atoms with Crippen LogP contribution in [0.5, 0.6) is 17.2 Å². The topological polar surface area (TPSA) is 114 Å². The second-order valence-electron chi connectivity index (χ2n) is 9.45. The first kappa shape index (κ1) is 29.0. The molecule has 0 aliphatic carbocycles. The van der Waals surface area contributed by atoms with Crippen molar-refractivity contribution >= 4 is 29.2 Å². The zero-order valence-electron chi connectivity index (χ0n) is 22.8. The monoisotopic (exact) mass is 550 g/mol. The predicted molar refractivity (Wildman–Crippen MR) is 162 cm³/mol. The summed E-state index contributed by atoms with van der Waals surface area (Å²) in [5, 5.41) is 0. The van der Waals surface area contributed by atoms with E-state index >= 15 is 0 Å². The minimum atomic E-state index is -0.456. The Morgan fingerprint density at radius 2 is 1.32 bits per heavy atom. The number of unbranched alkanes of at least 4 members (excludes halogenated alkanes) is 3. The average Bonchev–Trinajstić information content (AvgIpc) is 2.99. The number of allylic oxidation sites excluding steroid dienone is 1. The molecule has 0 aromatic heterocycles. The molecule has 4 N–H and O–H groups in total. The highest BCUT2D eigenvalue weighted by Gasteiger charge is 2.09. The van der Waals surface area contributed by atoms with Gasteiger partial charge in [0.25, 0.3) is 0 Å². The molecule has 4 aromatic carbocycles. The minimum absolute atomic E-state index is 0.0729. The third kappa shape index (κ3) is 9.28. The molecule has 0 unspecified atom stereocenters. The molecule has 0 spiro atoms. The van der Waals surface area contributed by atoms with Crippen molar-refractivity contribution in [3.63, 3.8) is 0 Å². The largest absolute Gasteiger partial charge is 0.494 e. The van der Waals surface area contributed by atoms with Crippen LogP contribution in [-0.2, 0) is 0 Å². The lowest BCUT2D eigenvalue weighted by Gasteiger charge is -2.10. The number of anilines is 2. The molecule has 7 nitrogen and oxygen atoms in total. The summed E-state index contributed by atoms with van der Waals surface area (Å²) in [6.45, 7) is 1.19. The zero-order chi connectivity index (χ0) is 28.9. The van der Waals surface area contributed by atoms with Crippen LogP contribution in [0.15, 0.2) is 103 Å². The summed E-state index contributed by atoms with van der Waals surface area (Å²) in [5.41, 5.74) is 14.6. The van der Waals surface area contributed by atoms with E-state index in [-0.39, 0.29) is 5.78 Å². The molecule has 4 rings (SSSR count).